The number of carbonyl (C=O) groups excluding carboxylic acids is 2. The van der Waals surface area contributed by atoms with Crippen molar-refractivity contribution < 1.29 is 14.3 Å². The second kappa shape index (κ2) is 6.31. The second-order valence-electron chi connectivity index (χ2n) is 3.93. The number of carbonyl (C=O) groups is 1. The summed E-state index contributed by atoms with van der Waals surface area (Å²) in [7, 11) is 1.58. The van der Waals surface area contributed by atoms with E-state index < -0.39 is 0 Å². The van der Waals surface area contributed by atoms with Gasteiger partial charge in [-0.15, -0.1) is 0 Å². The highest BCUT2D eigenvalue weighted by Crippen LogP contribution is 2.17. The van der Waals surface area contributed by atoms with Gasteiger partial charge in [0, 0.05) is 11.3 Å². The predicted octanol–water partition coefficient (Wildman–Crippen LogP) is 2.91. The molecule has 2 aromatic carbocycles. The van der Waals surface area contributed by atoms with Crippen molar-refractivity contribution >= 4 is 23.4 Å². The predicted molar refractivity (Wildman–Crippen MR) is 75.2 cm³/mol. The fraction of sp³-hybridized carbons (Fsp3) is 0.0667. The third kappa shape index (κ3) is 3.31. The molecular weight excluding hydrogens is 256 g/mol. The van der Waals surface area contributed by atoms with Gasteiger partial charge >= 0.3 is 0 Å². The summed E-state index contributed by atoms with van der Waals surface area (Å²) in [5, 5.41) is 2.76. The Bertz CT molecular complexity index is 642. The normalized spacial score (nSPS) is 9.45. The molecule has 100 valence electrons. The molecule has 0 atom stereocenters. The summed E-state index contributed by atoms with van der Waals surface area (Å²) in [6.45, 7) is 0. The van der Waals surface area contributed by atoms with Crippen molar-refractivity contribution in [2.45, 2.75) is 0 Å². The number of methoxy groups -OCH3 is 1. The third-order valence-corrected chi connectivity index (χ3v) is 2.65. The molecule has 0 aliphatic carbocycles. The number of amides is 1. The molecule has 0 spiro atoms. The van der Waals surface area contributed by atoms with Crippen molar-refractivity contribution in [2.75, 3.05) is 12.4 Å². The lowest BCUT2D eigenvalue weighted by Crippen LogP contribution is -2.11. The van der Waals surface area contributed by atoms with Crippen LogP contribution in [0.5, 0.6) is 5.75 Å². The van der Waals surface area contributed by atoms with Crippen LogP contribution >= 0.6 is 0 Å². The highest BCUT2D eigenvalue weighted by molar-refractivity contribution is 6.04. The Labute approximate surface area is 115 Å². The number of aliphatic imine (C=N–C) groups is 1. The van der Waals surface area contributed by atoms with Crippen LogP contribution in [0.2, 0.25) is 0 Å². The van der Waals surface area contributed by atoms with Crippen LogP contribution in [0.1, 0.15) is 10.4 Å². The van der Waals surface area contributed by atoms with Crippen LogP contribution in [0.4, 0.5) is 11.4 Å². The second-order valence-corrected chi connectivity index (χ2v) is 3.93. The van der Waals surface area contributed by atoms with Gasteiger partial charge in [-0.05, 0) is 48.5 Å². The van der Waals surface area contributed by atoms with Gasteiger partial charge in [0.25, 0.3) is 5.91 Å². The van der Waals surface area contributed by atoms with Gasteiger partial charge in [0.15, 0.2) is 0 Å². The van der Waals surface area contributed by atoms with Gasteiger partial charge < -0.3 is 10.1 Å². The minimum Gasteiger partial charge on any atom is -0.497 e. The molecule has 0 heterocycles. The Morgan fingerprint density at radius 2 is 1.75 bits per heavy atom. The van der Waals surface area contributed by atoms with Gasteiger partial charge in [0.2, 0.25) is 6.08 Å². The Hall–Kier alpha value is -2.91. The molecule has 1 N–H and O–H groups in total. The van der Waals surface area contributed by atoms with Crippen LogP contribution < -0.4 is 10.1 Å². The maximum Gasteiger partial charge on any atom is 0.255 e. The molecule has 20 heavy (non-hydrogen) atoms. The van der Waals surface area contributed by atoms with E-state index in [-0.39, 0.29) is 5.91 Å². The molecule has 5 heteroatoms. The van der Waals surface area contributed by atoms with Gasteiger partial charge in [0.1, 0.15) is 5.75 Å². The average Bonchev–Trinajstić information content (AvgIpc) is 2.49. The Morgan fingerprint density at radius 3 is 2.30 bits per heavy atom. The molecule has 0 aliphatic rings. The zero-order valence-electron chi connectivity index (χ0n) is 10.8. The highest BCUT2D eigenvalue weighted by atomic mass is 16.5. The first-order chi connectivity index (χ1) is 9.72. The number of benzene rings is 2. The maximum atomic E-state index is 12.0. The van der Waals surface area contributed by atoms with Crippen molar-refractivity contribution in [1.29, 1.82) is 0 Å². The van der Waals surface area contributed by atoms with E-state index in [9.17, 15) is 9.59 Å². The van der Waals surface area contributed by atoms with E-state index >= 15 is 0 Å². The molecule has 2 aromatic rings. The smallest absolute Gasteiger partial charge is 0.255 e. The van der Waals surface area contributed by atoms with Crippen LogP contribution in [0.25, 0.3) is 0 Å². The number of nitrogens with one attached hydrogen (secondary N) is 1. The first-order valence-electron chi connectivity index (χ1n) is 5.86. The van der Waals surface area contributed by atoms with Crippen LogP contribution in [-0.4, -0.2) is 19.1 Å². The van der Waals surface area contributed by atoms with Gasteiger partial charge in [-0.25, -0.2) is 4.79 Å². The van der Waals surface area contributed by atoms with E-state index in [1.165, 1.54) is 6.08 Å². The lowest BCUT2D eigenvalue weighted by atomic mass is 10.2. The maximum absolute atomic E-state index is 12.0. The largest absolute Gasteiger partial charge is 0.497 e. The number of anilines is 1. The summed E-state index contributed by atoms with van der Waals surface area (Å²) < 4.78 is 5.04. The van der Waals surface area contributed by atoms with Crippen molar-refractivity contribution in [3.63, 3.8) is 0 Å². The summed E-state index contributed by atoms with van der Waals surface area (Å²) in [5.41, 5.74) is 1.61. The minimum atomic E-state index is -0.239. The standard InChI is InChI=1S/C15H12N2O3/c1-20-14-8-6-13(7-9-14)17-15(19)11-2-4-12(5-3-11)16-10-18/h2-9H,1H3,(H,17,19). The van der Waals surface area contributed by atoms with Crippen LogP contribution in [0.15, 0.2) is 53.5 Å². The molecule has 0 saturated carbocycles. The molecule has 1 amide bonds. The summed E-state index contributed by atoms with van der Waals surface area (Å²) in [6, 6.07) is 13.4. The Balaban J connectivity index is 2.08. The third-order valence-electron chi connectivity index (χ3n) is 2.65. The zero-order valence-corrected chi connectivity index (χ0v) is 10.8. The number of hydrogen-bond donors (Lipinski definition) is 1. The number of nitrogens with zero attached hydrogens (tertiary/aromatic N) is 1. The molecule has 0 saturated heterocycles. The molecule has 0 unspecified atom stereocenters. The first-order valence-corrected chi connectivity index (χ1v) is 5.86. The summed E-state index contributed by atoms with van der Waals surface area (Å²) in [5.74, 6) is 0.482. The molecular formula is C15H12N2O3. The number of ether oxygens (including phenoxy) is 1. The molecule has 0 fully saturated rings. The fourth-order valence-electron chi connectivity index (χ4n) is 1.62. The lowest BCUT2D eigenvalue weighted by molar-refractivity contribution is 0.102. The number of isocyanates is 1. The van der Waals surface area contributed by atoms with Crippen molar-refractivity contribution in [3.8, 4) is 5.75 Å². The first kappa shape index (κ1) is 13.5. The van der Waals surface area contributed by atoms with E-state index in [0.29, 0.717) is 16.9 Å². The van der Waals surface area contributed by atoms with Crippen molar-refractivity contribution in [1.82, 2.24) is 0 Å². The van der Waals surface area contributed by atoms with E-state index in [2.05, 4.69) is 10.3 Å². The molecule has 5 nitrogen and oxygen atoms in total. The summed E-state index contributed by atoms with van der Waals surface area (Å²) >= 11 is 0. The quantitative estimate of drug-likeness (QED) is 0.684. The number of rotatable bonds is 4. The Kier molecular flexibility index (Phi) is 4.27. The summed E-state index contributed by atoms with van der Waals surface area (Å²) in [6.07, 6.45) is 1.45. The van der Waals surface area contributed by atoms with Gasteiger partial charge in [-0.1, -0.05) is 0 Å². The van der Waals surface area contributed by atoms with Crippen molar-refractivity contribution in [3.05, 3.63) is 54.1 Å². The topological polar surface area (TPSA) is 67.8 Å². The van der Waals surface area contributed by atoms with E-state index in [1.54, 1.807) is 55.6 Å². The van der Waals surface area contributed by atoms with Gasteiger partial charge in [-0.3, -0.25) is 4.79 Å². The van der Waals surface area contributed by atoms with Crippen molar-refractivity contribution in [2.24, 2.45) is 4.99 Å². The van der Waals surface area contributed by atoms with E-state index in [1.807, 2.05) is 0 Å². The summed E-state index contributed by atoms with van der Waals surface area (Å²) in [4.78, 5) is 25.6. The highest BCUT2D eigenvalue weighted by Gasteiger charge is 2.05. The molecule has 0 aliphatic heterocycles. The minimum absolute atomic E-state index is 0.239. The molecule has 0 bridgehead atoms. The van der Waals surface area contributed by atoms with Gasteiger partial charge in [0.05, 0.1) is 12.8 Å². The van der Waals surface area contributed by atoms with E-state index in [4.69, 9.17) is 4.74 Å². The monoisotopic (exact) mass is 268 g/mol. The average molecular weight is 268 g/mol. The SMILES string of the molecule is COc1ccc(NC(=O)c2ccc(N=C=O)cc2)cc1. The fourth-order valence-corrected chi connectivity index (χ4v) is 1.62. The van der Waals surface area contributed by atoms with Gasteiger partial charge in [-0.2, -0.15) is 4.99 Å². The molecule has 2 rings (SSSR count). The Morgan fingerprint density at radius 1 is 1.10 bits per heavy atom. The number of hydrogen-bond acceptors (Lipinski definition) is 4. The lowest BCUT2D eigenvalue weighted by Gasteiger charge is -2.06. The molecule has 0 radical (unpaired) electrons. The molecule has 0 aromatic heterocycles. The van der Waals surface area contributed by atoms with E-state index in [0.717, 1.165) is 5.75 Å². The van der Waals surface area contributed by atoms with Crippen LogP contribution in [0.3, 0.4) is 0 Å². The van der Waals surface area contributed by atoms with Crippen LogP contribution in [-0.2, 0) is 4.79 Å². The zero-order chi connectivity index (χ0) is 14.4. The van der Waals surface area contributed by atoms with Crippen LogP contribution in [0, 0.1) is 0 Å².